The van der Waals surface area contributed by atoms with Crippen LogP contribution in [0.2, 0.25) is 0 Å². The lowest BCUT2D eigenvalue weighted by Gasteiger charge is -2.24. The second kappa shape index (κ2) is 9.16. The van der Waals surface area contributed by atoms with Crippen LogP contribution in [0.5, 0.6) is 0 Å². The van der Waals surface area contributed by atoms with Gasteiger partial charge in [-0.3, -0.25) is 0 Å². The van der Waals surface area contributed by atoms with E-state index in [0.29, 0.717) is 17.4 Å². The molecule has 8 nitrogen and oxygen atoms in total. The van der Waals surface area contributed by atoms with Gasteiger partial charge in [-0.15, -0.1) is 0 Å². The third-order valence-electron chi connectivity index (χ3n) is 6.20. The van der Waals surface area contributed by atoms with Crippen molar-refractivity contribution in [3.05, 3.63) is 35.8 Å². The van der Waals surface area contributed by atoms with Crippen LogP contribution < -0.4 is 5.73 Å². The minimum absolute atomic E-state index is 0.0883. The van der Waals surface area contributed by atoms with Gasteiger partial charge in [0.1, 0.15) is 22.6 Å². The first-order valence-electron chi connectivity index (χ1n) is 11.5. The average Bonchev–Trinajstić information content (AvgIpc) is 3.35. The van der Waals surface area contributed by atoms with Gasteiger partial charge in [-0.1, -0.05) is 0 Å². The molecule has 0 aliphatic carbocycles. The summed E-state index contributed by atoms with van der Waals surface area (Å²) in [6, 6.07) is 2.64. The van der Waals surface area contributed by atoms with Gasteiger partial charge in [0.15, 0.2) is 11.6 Å². The molecule has 2 bridgehead atoms. The number of nitrogens with two attached hydrogens (primary N) is 1. The van der Waals surface area contributed by atoms with Crippen molar-refractivity contribution in [2.45, 2.75) is 83.3 Å². The van der Waals surface area contributed by atoms with Crippen molar-refractivity contribution >= 4 is 17.0 Å². The van der Waals surface area contributed by atoms with E-state index in [1.807, 2.05) is 13.8 Å². The number of hydrogen-bond acceptors (Lipinski definition) is 7. The molecule has 0 saturated carbocycles. The van der Waals surface area contributed by atoms with Gasteiger partial charge in [-0.2, -0.15) is 0 Å². The lowest BCUT2D eigenvalue weighted by molar-refractivity contribution is -0.0746. The molecule has 1 aromatic carbocycles. The Bertz CT molecular complexity index is 1190. The van der Waals surface area contributed by atoms with E-state index in [-0.39, 0.29) is 41.0 Å². The van der Waals surface area contributed by atoms with Crippen molar-refractivity contribution in [2.75, 3.05) is 5.73 Å². The smallest absolute Gasteiger partial charge is 0.220 e. The maximum atomic E-state index is 14.7. The Morgan fingerprint density at radius 1 is 1.12 bits per heavy atom. The van der Waals surface area contributed by atoms with Gasteiger partial charge in [0.25, 0.3) is 0 Å². The molecule has 0 spiro atoms. The number of halogens is 2. The number of hydrogen-bond donors (Lipinski definition) is 3. The van der Waals surface area contributed by atoms with Crippen molar-refractivity contribution in [1.29, 1.82) is 0 Å². The Morgan fingerprint density at radius 3 is 2.47 bits per heavy atom. The zero-order valence-corrected chi connectivity index (χ0v) is 19.8. The lowest BCUT2D eigenvalue weighted by Crippen LogP contribution is -2.31. The standard InChI is InChI=1S/C17H19F2N5O.C7H12O2/c1-8(2)24-12-6-9(13-11(19)7-21-16(20)23-13)5-10(18)14(12)22-15(24)17(3,4)25;8-6-3-1-5-2-4-7(6)9-5/h5-8,25H,1-4H3,(H2,20,21,23);5-8H,1-4H2/t;5-,6?,7?/m.0/s1. The predicted molar refractivity (Wildman–Crippen MR) is 124 cm³/mol. The van der Waals surface area contributed by atoms with Crippen LogP contribution in [0.4, 0.5) is 14.7 Å². The second-order valence-corrected chi connectivity index (χ2v) is 9.73. The topological polar surface area (TPSA) is 119 Å². The normalized spacial score (nSPS) is 22.2. The summed E-state index contributed by atoms with van der Waals surface area (Å²) in [5.74, 6) is -1.11. The van der Waals surface area contributed by atoms with Crippen molar-refractivity contribution < 1.29 is 23.7 Å². The number of aromatic nitrogens is 4. The molecule has 184 valence electrons. The molecular formula is C24H31F2N5O3. The lowest BCUT2D eigenvalue weighted by atomic mass is 10.1. The van der Waals surface area contributed by atoms with Crippen LogP contribution in [0.25, 0.3) is 22.3 Å². The Kier molecular flexibility index (Phi) is 6.58. The van der Waals surface area contributed by atoms with Crippen LogP contribution in [0, 0.1) is 11.6 Å². The monoisotopic (exact) mass is 475 g/mol. The molecule has 5 rings (SSSR count). The predicted octanol–water partition coefficient (Wildman–Crippen LogP) is 3.85. The summed E-state index contributed by atoms with van der Waals surface area (Å²) in [4.78, 5) is 11.7. The number of benzene rings is 1. The number of nitrogen functional groups attached to an aromatic ring is 1. The molecule has 3 atom stereocenters. The highest BCUT2D eigenvalue weighted by atomic mass is 19.1. The van der Waals surface area contributed by atoms with E-state index in [4.69, 9.17) is 10.5 Å². The van der Waals surface area contributed by atoms with Crippen molar-refractivity contribution in [1.82, 2.24) is 19.5 Å². The molecule has 4 heterocycles. The van der Waals surface area contributed by atoms with Crippen LogP contribution in [-0.2, 0) is 10.3 Å². The highest BCUT2D eigenvalue weighted by molar-refractivity contribution is 5.83. The zero-order valence-electron chi connectivity index (χ0n) is 19.8. The molecule has 4 N–H and O–H groups in total. The maximum absolute atomic E-state index is 14.7. The molecule has 2 aliphatic heterocycles. The van der Waals surface area contributed by atoms with Crippen molar-refractivity contribution in [2.24, 2.45) is 0 Å². The summed E-state index contributed by atoms with van der Waals surface area (Å²) >= 11 is 0. The molecule has 2 aromatic heterocycles. The van der Waals surface area contributed by atoms with Gasteiger partial charge in [0, 0.05) is 11.6 Å². The van der Waals surface area contributed by atoms with Crippen LogP contribution in [0.1, 0.15) is 65.2 Å². The number of imidazole rings is 1. The number of fused-ring (bicyclic) bond motifs is 3. The highest BCUT2D eigenvalue weighted by Crippen LogP contribution is 2.34. The maximum Gasteiger partial charge on any atom is 0.220 e. The van der Waals surface area contributed by atoms with E-state index in [1.54, 1.807) is 24.5 Å². The summed E-state index contributed by atoms with van der Waals surface area (Å²) in [5.41, 5.74) is 4.94. The Morgan fingerprint density at radius 2 is 1.82 bits per heavy atom. The second-order valence-electron chi connectivity index (χ2n) is 9.73. The number of aliphatic hydroxyl groups is 2. The van der Waals surface area contributed by atoms with Crippen LogP contribution in [0.15, 0.2) is 18.3 Å². The SMILES string of the molecule is CC(C)n1c(C(C)(C)O)nc2c(F)cc(-c3nc(N)ncc3F)cc21.OC1CC[C@H]2CCC1O2. The molecule has 2 fully saturated rings. The summed E-state index contributed by atoms with van der Waals surface area (Å²) < 4.78 is 35.9. The Hall–Kier alpha value is -2.69. The van der Waals surface area contributed by atoms with Crippen LogP contribution >= 0.6 is 0 Å². The number of nitrogens with zero attached hydrogens (tertiary/aromatic N) is 4. The number of rotatable bonds is 3. The van der Waals surface area contributed by atoms with Crippen LogP contribution in [0.3, 0.4) is 0 Å². The van der Waals surface area contributed by atoms with Crippen molar-refractivity contribution in [3.63, 3.8) is 0 Å². The first-order valence-corrected chi connectivity index (χ1v) is 11.5. The van der Waals surface area contributed by atoms with Gasteiger partial charge in [0.05, 0.1) is 30.0 Å². The average molecular weight is 476 g/mol. The van der Waals surface area contributed by atoms with Crippen LogP contribution in [-0.4, -0.2) is 48.0 Å². The van der Waals surface area contributed by atoms with Gasteiger partial charge in [-0.05, 0) is 65.5 Å². The minimum atomic E-state index is -1.26. The zero-order chi connectivity index (χ0) is 24.8. The molecule has 3 aromatic rings. The summed E-state index contributed by atoms with van der Waals surface area (Å²) in [7, 11) is 0. The molecule has 0 radical (unpaired) electrons. The summed E-state index contributed by atoms with van der Waals surface area (Å²) in [6.07, 6.45) is 5.72. The molecule has 0 amide bonds. The van der Waals surface area contributed by atoms with E-state index in [2.05, 4.69) is 15.0 Å². The Labute approximate surface area is 196 Å². The van der Waals surface area contributed by atoms with Crippen molar-refractivity contribution in [3.8, 4) is 11.3 Å². The van der Waals surface area contributed by atoms with Gasteiger partial charge < -0.3 is 25.3 Å². The first kappa shape index (κ1) is 24.4. The molecule has 2 aliphatic rings. The van der Waals surface area contributed by atoms with E-state index in [0.717, 1.165) is 31.5 Å². The molecule has 34 heavy (non-hydrogen) atoms. The summed E-state index contributed by atoms with van der Waals surface area (Å²) in [6.45, 7) is 6.95. The number of ether oxygens (including phenoxy) is 1. The number of anilines is 1. The summed E-state index contributed by atoms with van der Waals surface area (Å²) in [5, 5.41) is 19.6. The largest absolute Gasteiger partial charge is 0.390 e. The van der Waals surface area contributed by atoms with Gasteiger partial charge >= 0.3 is 0 Å². The third-order valence-corrected chi connectivity index (χ3v) is 6.20. The fourth-order valence-electron chi connectivity index (χ4n) is 4.60. The molecule has 10 heteroatoms. The van der Waals surface area contributed by atoms with E-state index < -0.39 is 17.2 Å². The fourth-order valence-corrected chi connectivity index (χ4v) is 4.60. The fraction of sp³-hybridized carbons (Fsp3) is 0.542. The third kappa shape index (κ3) is 4.75. The van der Waals surface area contributed by atoms with E-state index in [9.17, 15) is 19.0 Å². The minimum Gasteiger partial charge on any atom is -0.390 e. The Balaban J connectivity index is 0.000000252. The molecule has 2 unspecified atom stereocenters. The highest BCUT2D eigenvalue weighted by Gasteiger charge is 2.35. The van der Waals surface area contributed by atoms with Gasteiger partial charge in [0.2, 0.25) is 5.95 Å². The van der Waals surface area contributed by atoms with Gasteiger partial charge in [-0.25, -0.2) is 23.7 Å². The number of aliphatic hydroxyl groups excluding tert-OH is 1. The molecular weight excluding hydrogens is 444 g/mol. The molecule has 2 saturated heterocycles. The first-order chi connectivity index (χ1) is 16.0. The van der Waals surface area contributed by atoms with E-state index >= 15 is 0 Å². The quantitative estimate of drug-likeness (QED) is 0.526. The van der Waals surface area contributed by atoms with E-state index in [1.165, 1.54) is 6.42 Å².